The van der Waals surface area contributed by atoms with Crippen molar-refractivity contribution in [3.8, 4) is 5.75 Å². The van der Waals surface area contributed by atoms with Crippen LogP contribution in [0.5, 0.6) is 5.75 Å². The Kier molecular flexibility index (Phi) is 8.52. The number of ether oxygens (including phenoxy) is 1. The summed E-state index contributed by atoms with van der Waals surface area (Å²) in [6.07, 6.45) is 0.384. The number of aliphatic hydroxyl groups is 1. The van der Waals surface area contributed by atoms with Gasteiger partial charge in [-0.2, -0.15) is 0 Å². The zero-order chi connectivity index (χ0) is 25.3. The third-order valence-electron chi connectivity index (χ3n) is 6.13. The summed E-state index contributed by atoms with van der Waals surface area (Å²) in [6.45, 7) is 1.41. The Morgan fingerprint density at radius 2 is 1.69 bits per heavy atom. The fourth-order valence-electron chi connectivity index (χ4n) is 4.06. The van der Waals surface area contributed by atoms with Gasteiger partial charge in [-0.15, -0.1) is 0 Å². The quantitative estimate of drug-likeness (QED) is 0.468. The number of aliphatic hydroxyl groups excluding tert-OH is 1. The number of benzene rings is 3. The summed E-state index contributed by atoms with van der Waals surface area (Å²) < 4.78 is 18.7. The van der Waals surface area contributed by atoms with Gasteiger partial charge in [-0.05, 0) is 60.4 Å². The predicted molar refractivity (Wildman–Crippen MR) is 134 cm³/mol. The molecule has 3 N–H and O–H groups in total. The molecule has 1 saturated heterocycles. The van der Waals surface area contributed by atoms with Gasteiger partial charge in [0.2, 0.25) is 0 Å². The van der Waals surface area contributed by atoms with Crippen molar-refractivity contribution in [1.82, 2.24) is 15.5 Å². The number of hydrogen-bond donors (Lipinski definition) is 3. The smallest absolute Gasteiger partial charge is 0.317 e. The van der Waals surface area contributed by atoms with Crippen molar-refractivity contribution >= 4 is 11.9 Å². The molecule has 1 aliphatic rings. The maximum Gasteiger partial charge on any atom is 0.317 e. The predicted octanol–water partition coefficient (Wildman–Crippen LogP) is 3.87. The van der Waals surface area contributed by atoms with Gasteiger partial charge >= 0.3 is 6.03 Å². The first kappa shape index (κ1) is 25.2. The molecule has 0 saturated carbocycles. The van der Waals surface area contributed by atoms with Gasteiger partial charge in [0, 0.05) is 25.2 Å². The summed E-state index contributed by atoms with van der Waals surface area (Å²) in [4.78, 5) is 27.2. The molecule has 2 atom stereocenters. The summed E-state index contributed by atoms with van der Waals surface area (Å²) in [5.74, 6) is -0.0637. The minimum Gasteiger partial charge on any atom is -0.489 e. The molecule has 3 aromatic carbocycles. The van der Waals surface area contributed by atoms with Crippen molar-refractivity contribution in [3.63, 3.8) is 0 Å². The molecule has 1 fully saturated rings. The maximum atomic E-state index is 13.0. The minimum atomic E-state index is -0.751. The molecule has 3 aromatic rings. The lowest BCUT2D eigenvalue weighted by Crippen LogP contribution is -2.51. The average molecular weight is 492 g/mol. The van der Waals surface area contributed by atoms with E-state index in [1.165, 1.54) is 12.1 Å². The SMILES string of the molecule is O=C(NC1CN(C(=O)NCc2ccccc2)CCCC1O)c1ccc(OCc2ccc(F)cc2)cc1. The number of amides is 3. The number of carbonyl (C=O) groups is 2. The Morgan fingerprint density at radius 3 is 2.42 bits per heavy atom. The van der Waals surface area contributed by atoms with Gasteiger partial charge in [0.15, 0.2) is 0 Å². The molecular formula is C28H30FN3O4. The van der Waals surface area contributed by atoms with E-state index in [4.69, 9.17) is 4.74 Å². The zero-order valence-corrected chi connectivity index (χ0v) is 19.9. The number of halogens is 1. The van der Waals surface area contributed by atoms with E-state index >= 15 is 0 Å². The van der Waals surface area contributed by atoms with Crippen LogP contribution in [0.15, 0.2) is 78.9 Å². The fraction of sp³-hybridized carbons (Fsp3) is 0.286. The highest BCUT2D eigenvalue weighted by atomic mass is 19.1. The first-order valence-electron chi connectivity index (χ1n) is 12.0. The Labute approximate surface area is 209 Å². The molecule has 1 heterocycles. The van der Waals surface area contributed by atoms with Gasteiger partial charge in [-0.3, -0.25) is 4.79 Å². The first-order valence-corrected chi connectivity index (χ1v) is 12.0. The molecule has 3 amide bonds. The van der Waals surface area contributed by atoms with Gasteiger partial charge in [-0.25, -0.2) is 9.18 Å². The van der Waals surface area contributed by atoms with Crippen LogP contribution in [0.2, 0.25) is 0 Å². The van der Waals surface area contributed by atoms with Crippen LogP contribution >= 0.6 is 0 Å². The van der Waals surface area contributed by atoms with E-state index in [0.717, 1.165) is 11.1 Å². The van der Waals surface area contributed by atoms with Crippen LogP contribution in [0.3, 0.4) is 0 Å². The number of likely N-dealkylation sites (tertiary alicyclic amines) is 1. The van der Waals surface area contributed by atoms with Gasteiger partial charge in [-0.1, -0.05) is 42.5 Å². The van der Waals surface area contributed by atoms with E-state index in [0.29, 0.717) is 37.2 Å². The van der Waals surface area contributed by atoms with Gasteiger partial charge in [0.05, 0.1) is 12.1 Å². The Morgan fingerprint density at radius 1 is 0.972 bits per heavy atom. The highest BCUT2D eigenvalue weighted by molar-refractivity contribution is 5.94. The molecule has 188 valence electrons. The van der Waals surface area contributed by atoms with E-state index in [2.05, 4.69) is 10.6 Å². The number of hydrogen-bond acceptors (Lipinski definition) is 4. The lowest BCUT2D eigenvalue weighted by molar-refractivity contribution is 0.0809. The van der Waals surface area contributed by atoms with Crippen molar-refractivity contribution < 1.29 is 23.8 Å². The maximum absolute atomic E-state index is 13.0. The second-order valence-corrected chi connectivity index (χ2v) is 8.82. The van der Waals surface area contributed by atoms with Crippen LogP contribution in [0.25, 0.3) is 0 Å². The van der Waals surface area contributed by atoms with Crippen LogP contribution < -0.4 is 15.4 Å². The molecule has 7 nitrogen and oxygen atoms in total. The van der Waals surface area contributed by atoms with Crippen molar-refractivity contribution in [2.75, 3.05) is 13.1 Å². The van der Waals surface area contributed by atoms with Gasteiger partial charge < -0.3 is 25.4 Å². The topological polar surface area (TPSA) is 90.9 Å². The van der Waals surface area contributed by atoms with Crippen LogP contribution in [-0.4, -0.2) is 47.2 Å². The van der Waals surface area contributed by atoms with Crippen molar-refractivity contribution in [1.29, 1.82) is 0 Å². The normalized spacial score (nSPS) is 17.7. The monoisotopic (exact) mass is 491 g/mol. The second-order valence-electron chi connectivity index (χ2n) is 8.82. The molecule has 0 radical (unpaired) electrons. The van der Waals surface area contributed by atoms with E-state index in [1.807, 2.05) is 30.3 Å². The number of rotatable bonds is 7. The van der Waals surface area contributed by atoms with Crippen LogP contribution in [0, 0.1) is 5.82 Å². The summed E-state index contributed by atoms with van der Waals surface area (Å²) in [6, 6.07) is 21.5. The van der Waals surface area contributed by atoms with Gasteiger partial charge in [0.1, 0.15) is 18.2 Å². The third kappa shape index (κ3) is 7.05. The number of carbonyl (C=O) groups excluding carboxylic acids is 2. The number of nitrogens with one attached hydrogen (secondary N) is 2. The highest BCUT2D eigenvalue weighted by Crippen LogP contribution is 2.17. The van der Waals surface area contributed by atoms with E-state index in [9.17, 15) is 19.1 Å². The summed E-state index contributed by atoms with van der Waals surface area (Å²) >= 11 is 0. The molecule has 0 aliphatic carbocycles. The number of nitrogens with zero attached hydrogens (tertiary/aromatic N) is 1. The fourth-order valence-corrected chi connectivity index (χ4v) is 4.06. The molecule has 4 rings (SSSR count). The van der Waals surface area contributed by atoms with Gasteiger partial charge in [0.25, 0.3) is 5.91 Å². The van der Waals surface area contributed by atoms with Crippen molar-refractivity contribution in [2.45, 2.75) is 38.1 Å². The molecule has 0 aromatic heterocycles. The lowest BCUT2D eigenvalue weighted by Gasteiger charge is -2.27. The molecule has 36 heavy (non-hydrogen) atoms. The number of urea groups is 1. The van der Waals surface area contributed by atoms with Crippen LogP contribution in [-0.2, 0) is 13.2 Å². The van der Waals surface area contributed by atoms with Crippen LogP contribution in [0.4, 0.5) is 9.18 Å². The molecule has 2 unspecified atom stereocenters. The molecule has 1 aliphatic heterocycles. The summed E-state index contributed by atoms with van der Waals surface area (Å²) in [5.41, 5.74) is 2.24. The molecule has 0 spiro atoms. The highest BCUT2D eigenvalue weighted by Gasteiger charge is 2.29. The zero-order valence-electron chi connectivity index (χ0n) is 19.9. The van der Waals surface area contributed by atoms with E-state index in [-0.39, 0.29) is 30.9 Å². The first-order chi connectivity index (χ1) is 17.5. The van der Waals surface area contributed by atoms with Crippen molar-refractivity contribution in [2.24, 2.45) is 0 Å². The average Bonchev–Trinajstić information content (AvgIpc) is 3.09. The standard InChI is InChI=1S/C28H30FN3O4/c29-23-12-8-21(9-13-23)19-36-24-14-10-22(11-15-24)27(34)31-25-18-32(16-4-7-26(25)33)28(35)30-17-20-5-2-1-3-6-20/h1-3,5-6,8-15,25-26,33H,4,7,16-19H2,(H,30,35)(H,31,34). The van der Waals surface area contributed by atoms with E-state index < -0.39 is 12.1 Å². The summed E-state index contributed by atoms with van der Waals surface area (Å²) in [7, 11) is 0. The second kappa shape index (κ2) is 12.2. The Bertz CT molecular complexity index is 1140. The van der Waals surface area contributed by atoms with Crippen molar-refractivity contribution in [3.05, 3.63) is 101 Å². The van der Waals surface area contributed by atoms with E-state index in [1.54, 1.807) is 41.3 Å². The minimum absolute atomic E-state index is 0.215. The molecule has 8 heteroatoms. The van der Waals surface area contributed by atoms with Crippen LogP contribution in [0.1, 0.15) is 34.3 Å². The molecular weight excluding hydrogens is 461 g/mol. The Balaban J connectivity index is 1.31. The Hall–Kier alpha value is -3.91. The largest absolute Gasteiger partial charge is 0.489 e. The summed E-state index contributed by atoms with van der Waals surface area (Å²) in [5, 5.41) is 16.4. The third-order valence-corrected chi connectivity index (χ3v) is 6.13. The lowest BCUT2D eigenvalue weighted by atomic mass is 10.1. The molecule has 0 bridgehead atoms.